The summed E-state index contributed by atoms with van der Waals surface area (Å²) in [5.41, 5.74) is 3.60. The Balaban J connectivity index is 1.59. The Morgan fingerprint density at radius 3 is 2.10 bits per heavy atom. The largest absolute Gasteiger partial charge is 0.462 e. The number of hydrogen-bond acceptors (Lipinski definition) is 5. The second kappa shape index (κ2) is 10.2. The van der Waals surface area contributed by atoms with Gasteiger partial charge in [0, 0.05) is 11.3 Å². The number of carbonyl (C=O) groups excluding carboxylic acids is 3. The van der Waals surface area contributed by atoms with Gasteiger partial charge in [-0.05, 0) is 61.9 Å². The molecule has 0 heterocycles. The lowest BCUT2D eigenvalue weighted by atomic mass is 10.1. The summed E-state index contributed by atoms with van der Waals surface area (Å²) in [6, 6.07) is 20.5. The molecule has 1 N–H and O–H groups in total. The van der Waals surface area contributed by atoms with Crippen molar-refractivity contribution in [2.45, 2.75) is 20.5 Å². The van der Waals surface area contributed by atoms with Crippen molar-refractivity contribution in [3.05, 3.63) is 101 Å². The van der Waals surface area contributed by atoms with Gasteiger partial charge < -0.3 is 14.8 Å². The maximum atomic E-state index is 12.4. The van der Waals surface area contributed by atoms with Crippen molar-refractivity contribution in [2.75, 3.05) is 11.9 Å². The zero-order valence-corrected chi connectivity index (χ0v) is 17.4. The monoisotopic (exact) mass is 417 g/mol. The van der Waals surface area contributed by atoms with Crippen molar-refractivity contribution >= 4 is 23.5 Å². The first-order valence-electron chi connectivity index (χ1n) is 9.87. The highest BCUT2D eigenvalue weighted by atomic mass is 16.5. The summed E-state index contributed by atoms with van der Waals surface area (Å²) in [5.74, 6) is -1.16. The van der Waals surface area contributed by atoms with Crippen LogP contribution in [0.25, 0.3) is 0 Å². The molecular weight excluding hydrogens is 394 g/mol. The second-order valence-electron chi connectivity index (χ2n) is 6.89. The second-order valence-corrected chi connectivity index (χ2v) is 6.89. The van der Waals surface area contributed by atoms with Crippen LogP contribution in [0, 0.1) is 6.92 Å². The number of benzene rings is 3. The molecule has 0 saturated heterocycles. The molecule has 3 aromatic carbocycles. The first kappa shape index (κ1) is 21.8. The lowest BCUT2D eigenvalue weighted by molar-refractivity contribution is 0.0469. The topological polar surface area (TPSA) is 81.7 Å². The van der Waals surface area contributed by atoms with Crippen molar-refractivity contribution in [3.63, 3.8) is 0 Å². The molecule has 6 nitrogen and oxygen atoms in total. The molecule has 3 aromatic rings. The van der Waals surface area contributed by atoms with Gasteiger partial charge in [-0.1, -0.05) is 35.9 Å². The average Bonchev–Trinajstić information content (AvgIpc) is 2.78. The molecule has 0 bridgehead atoms. The fourth-order valence-electron chi connectivity index (χ4n) is 2.82. The lowest BCUT2D eigenvalue weighted by Crippen LogP contribution is -2.12. The van der Waals surface area contributed by atoms with Crippen LogP contribution in [0.4, 0.5) is 5.69 Å². The number of anilines is 1. The Labute approximate surface area is 180 Å². The van der Waals surface area contributed by atoms with Crippen molar-refractivity contribution in [1.82, 2.24) is 0 Å². The maximum Gasteiger partial charge on any atom is 0.338 e. The van der Waals surface area contributed by atoms with E-state index in [4.69, 9.17) is 9.47 Å². The number of rotatable bonds is 7. The number of hydrogen-bond donors (Lipinski definition) is 1. The highest BCUT2D eigenvalue weighted by Gasteiger charge is 2.11. The third kappa shape index (κ3) is 6.02. The standard InChI is InChI=1S/C25H23NO5/c1-3-30-24(28)20-13-9-18(10-14-20)16-31-25(29)21-5-4-6-22(15-21)26-23(27)19-11-7-17(2)8-12-19/h4-15H,3,16H2,1-2H3,(H,26,27). The highest BCUT2D eigenvalue weighted by Crippen LogP contribution is 2.15. The number of esters is 2. The Kier molecular flexibility index (Phi) is 7.17. The van der Waals surface area contributed by atoms with Crippen LogP contribution in [0.2, 0.25) is 0 Å². The fraction of sp³-hybridized carbons (Fsp3) is 0.160. The van der Waals surface area contributed by atoms with Gasteiger partial charge in [0.2, 0.25) is 0 Å². The minimum atomic E-state index is -0.513. The molecule has 0 aromatic heterocycles. The maximum absolute atomic E-state index is 12.4. The molecule has 0 spiro atoms. The van der Waals surface area contributed by atoms with Gasteiger partial charge >= 0.3 is 11.9 Å². The molecule has 0 aliphatic heterocycles. The molecule has 158 valence electrons. The lowest BCUT2D eigenvalue weighted by Gasteiger charge is -2.09. The summed E-state index contributed by atoms with van der Waals surface area (Å²) in [5, 5.41) is 2.78. The Morgan fingerprint density at radius 2 is 1.42 bits per heavy atom. The van der Waals surface area contributed by atoms with Crippen molar-refractivity contribution in [3.8, 4) is 0 Å². The van der Waals surface area contributed by atoms with Crippen LogP contribution >= 0.6 is 0 Å². The van der Waals surface area contributed by atoms with E-state index in [1.165, 1.54) is 0 Å². The molecule has 0 fully saturated rings. The molecule has 0 unspecified atom stereocenters. The van der Waals surface area contributed by atoms with Crippen molar-refractivity contribution in [1.29, 1.82) is 0 Å². The number of aryl methyl sites for hydroxylation is 1. The number of ether oxygens (including phenoxy) is 2. The van der Waals surface area contributed by atoms with Crippen LogP contribution in [-0.2, 0) is 16.1 Å². The number of carbonyl (C=O) groups is 3. The van der Waals surface area contributed by atoms with Crippen LogP contribution in [-0.4, -0.2) is 24.5 Å². The molecule has 0 aliphatic rings. The SMILES string of the molecule is CCOC(=O)c1ccc(COC(=O)c2cccc(NC(=O)c3ccc(C)cc3)c2)cc1. The van der Waals surface area contributed by atoms with Gasteiger partial charge in [-0.15, -0.1) is 0 Å². The Hall–Kier alpha value is -3.93. The summed E-state index contributed by atoms with van der Waals surface area (Å²) in [6.07, 6.45) is 0. The quantitative estimate of drug-likeness (QED) is 0.560. The van der Waals surface area contributed by atoms with E-state index in [9.17, 15) is 14.4 Å². The van der Waals surface area contributed by atoms with Gasteiger partial charge in [0.1, 0.15) is 6.61 Å². The van der Waals surface area contributed by atoms with Crippen molar-refractivity contribution in [2.24, 2.45) is 0 Å². The highest BCUT2D eigenvalue weighted by molar-refractivity contribution is 6.04. The molecule has 31 heavy (non-hydrogen) atoms. The zero-order chi connectivity index (χ0) is 22.2. The third-order valence-corrected chi connectivity index (χ3v) is 4.50. The molecule has 6 heteroatoms. The van der Waals surface area contributed by atoms with Crippen LogP contribution < -0.4 is 5.32 Å². The molecule has 0 saturated carbocycles. The number of nitrogens with one attached hydrogen (secondary N) is 1. The van der Waals surface area contributed by atoms with Crippen LogP contribution in [0.3, 0.4) is 0 Å². The molecule has 1 amide bonds. The number of amides is 1. The van der Waals surface area contributed by atoms with Crippen LogP contribution in [0.5, 0.6) is 0 Å². The predicted octanol–water partition coefficient (Wildman–Crippen LogP) is 4.78. The summed E-state index contributed by atoms with van der Waals surface area (Å²) in [7, 11) is 0. The molecule has 0 aliphatic carbocycles. The van der Waals surface area contributed by atoms with Crippen LogP contribution in [0.15, 0.2) is 72.8 Å². The van der Waals surface area contributed by atoms with E-state index >= 15 is 0 Å². The van der Waals surface area contributed by atoms with Crippen LogP contribution in [0.1, 0.15) is 49.1 Å². The normalized spacial score (nSPS) is 10.3. The van der Waals surface area contributed by atoms with E-state index in [0.717, 1.165) is 11.1 Å². The predicted molar refractivity (Wildman–Crippen MR) is 117 cm³/mol. The average molecular weight is 417 g/mol. The van der Waals surface area contributed by atoms with E-state index in [1.807, 2.05) is 19.1 Å². The Bertz CT molecular complexity index is 1070. The van der Waals surface area contributed by atoms with E-state index in [0.29, 0.717) is 29.0 Å². The first-order valence-corrected chi connectivity index (χ1v) is 9.87. The van der Waals surface area contributed by atoms with Gasteiger partial charge in [-0.2, -0.15) is 0 Å². The molecule has 0 atom stereocenters. The molecule has 3 rings (SSSR count). The molecular formula is C25H23NO5. The van der Waals surface area contributed by atoms with E-state index in [2.05, 4.69) is 5.32 Å². The summed E-state index contributed by atoms with van der Waals surface area (Å²) >= 11 is 0. The van der Waals surface area contributed by atoms with E-state index in [1.54, 1.807) is 67.6 Å². The minimum absolute atomic E-state index is 0.0574. The summed E-state index contributed by atoms with van der Waals surface area (Å²) in [6.45, 7) is 4.06. The summed E-state index contributed by atoms with van der Waals surface area (Å²) < 4.78 is 10.3. The van der Waals surface area contributed by atoms with Crippen molar-refractivity contribution < 1.29 is 23.9 Å². The summed E-state index contributed by atoms with van der Waals surface area (Å²) in [4.78, 5) is 36.5. The zero-order valence-electron chi connectivity index (χ0n) is 17.4. The smallest absolute Gasteiger partial charge is 0.338 e. The van der Waals surface area contributed by atoms with Gasteiger partial charge in [0.05, 0.1) is 17.7 Å². The van der Waals surface area contributed by atoms with Gasteiger partial charge in [0.25, 0.3) is 5.91 Å². The Morgan fingerprint density at radius 1 is 0.774 bits per heavy atom. The first-order chi connectivity index (χ1) is 15.0. The van der Waals surface area contributed by atoms with Gasteiger partial charge in [-0.25, -0.2) is 9.59 Å². The fourth-order valence-corrected chi connectivity index (χ4v) is 2.82. The van der Waals surface area contributed by atoms with E-state index < -0.39 is 11.9 Å². The minimum Gasteiger partial charge on any atom is -0.462 e. The third-order valence-electron chi connectivity index (χ3n) is 4.50. The molecule has 0 radical (unpaired) electrons. The van der Waals surface area contributed by atoms with E-state index in [-0.39, 0.29) is 12.5 Å². The van der Waals surface area contributed by atoms with Gasteiger partial charge in [-0.3, -0.25) is 4.79 Å². The van der Waals surface area contributed by atoms with Gasteiger partial charge in [0.15, 0.2) is 0 Å².